The molecule has 0 aromatic carbocycles. The van der Waals surface area contributed by atoms with Crippen LogP contribution in [0.2, 0.25) is 0 Å². The van der Waals surface area contributed by atoms with E-state index in [1.54, 1.807) is 13.1 Å². The lowest BCUT2D eigenvalue weighted by Gasteiger charge is -2.51. The van der Waals surface area contributed by atoms with Crippen molar-refractivity contribution in [3.8, 4) is 11.3 Å². The molecule has 152 valence electrons. The van der Waals surface area contributed by atoms with Crippen molar-refractivity contribution in [2.45, 2.75) is 70.3 Å². The number of carbonyl (C=O) groups excluding carboxylic acids is 2. The topological polar surface area (TPSA) is 87.0 Å². The molecule has 0 saturated heterocycles. The SMILES string of the molecule is COC(=O)C12CCC(c3cc4n(n3)CC(C)c3c-4cnnc3C(C)=O)(CC1)CC2. The van der Waals surface area contributed by atoms with Crippen molar-refractivity contribution in [2.24, 2.45) is 5.41 Å². The number of esters is 1. The second-order valence-corrected chi connectivity index (χ2v) is 9.13. The minimum atomic E-state index is -0.289. The van der Waals surface area contributed by atoms with Crippen LogP contribution in [-0.2, 0) is 21.5 Å². The molecule has 7 heteroatoms. The van der Waals surface area contributed by atoms with E-state index >= 15 is 0 Å². The molecule has 0 spiro atoms. The Morgan fingerprint density at radius 3 is 2.48 bits per heavy atom. The predicted molar refractivity (Wildman–Crippen MR) is 106 cm³/mol. The van der Waals surface area contributed by atoms with E-state index in [-0.39, 0.29) is 28.5 Å². The van der Waals surface area contributed by atoms with Crippen molar-refractivity contribution in [2.75, 3.05) is 7.11 Å². The Morgan fingerprint density at radius 2 is 1.86 bits per heavy atom. The van der Waals surface area contributed by atoms with Gasteiger partial charge in [-0.2, -0.15) is 10.2 Å². The molecule has 1 unspecified atom stereocenters. The summed E-state index contributed by atoms with van der Waals surface area (Å²) >= 11 is 0. The zero-order chi connectivity index (χ0) is 20.4. The zero-order valence-electron chi connectivity index (χ0n) is 17.2. The van der Waals surface area contributed by atoms with Gasteiger partial charge in [-0.3, -0.25) is 14.3 Å². The molecule has 0 radical (unpaired) electrons. The molecule has 1 atom stereocenters. The summed E-state index contributed by atoms with van der Waals surface area (Å²) in [5.41, 5.74) is 4.31. The van der Waals surface area contributed by atoms with Gasteiger partial charge in [0.1, 0.15) is 5.69 Å². The average Bonchev–Trinajstić information content (AvgIpc) is 3.19. The average molecular weight is 394 g/mol. The molecular formula is C22H26N4O3. The fourth-order valence-corrected chi connectivity index (χ4v) is 5.83. The molecule has 3 saturated carbocycles. The maximum absolute atomic E-state index is 12.3. The normalized spacial score (nSPS) is 29.8. The lowest BCUT2D eigenvalue weighted by atomic mass is 9.53. The number of methoxy groups -OCH3 is 1. The third-order valence-corrected chi connectivity index (χ3v) is 7.63. The molecule has 1 aliphatic heterocycles. The third-order valence-electron chi connectivity index (χ3n) is 7.63. The maximum atomic E-state index is 12.3. The fourth-order valence-electron chi connectivity index (χ4n) is 5.83. The van der Waals surface area contributed by atoms with Crippen molar-refractivity contribution >= 4 is 11.8 Å². The number of Topliss-reactive ketones (excluding diaryl/α,β-unsaturated/α-hetero) is 1. The number of hydrogen-bond donors (Lipinski definition) is 0. The minimum Gasteiger partial charge on any atom is -0.469 e. The lowest BCUT2D eigenvalue weighted by Crippen LogP contribution is -2.48. The second-order valence-electron chi connectivity index (χ2n) is 9.13. The Kier molecular flexibility index (Phi) is 3.95. The first-order chi connectivity index (χ1) is 13.9. The summed E-state index contributed by atoms with van der Waals surface area (Å²) in [5, 5.41) is 13.2. The molecule has 2 bridgehead atoms. The van der Waals surface area contributed by atoms with E-state index in [4.69, 9.17) is 9.84 Å². The number of nitrogens with zero attached hydrogens (tertiary/aromatic N) is 4. The predicted octanol–water partition coefficient (Wildman–Crippen LogP) is 3.42. The first-order valence-electron chi connectivity index (χ1n) is 10.4. The van der Waals surface area contributed by atoms with Crippen LogP contribution in [0.15, 0.2) is 12.3 Å². The quantitative estimate of drug-likeness (QED) is 0.586. The van der Waals surface area contributed by atoms with Gasteiger partial charge in [-0.25, -0.2) is 0 Å². The molecule has 2 aromatic heterocycles. The number of ether oxygens (including phenoxy) is 1. The van der Waals surface area contributed by atoms with Crippen LogP contribution < -0.4 is 0 Å². The van der Waals surface area contributed by atoms with E-state index < -0.39 is 0 Å². The van der Waals surface area contributed by atoms with Crippen LogP contribution in [0.1, 0.15) is 80.0 Å². The lowest BCUT2D eigenvalue weighted by molar-refractivity contribution is -0.160. The number of aromatic nitrogens is 4. The summed E-state index contributed by atoms with van der Waals surface area (Å²) in [5.74, 6) is 0.0570. The second kappa shape index (κ2) is 6.21. The van der Waals surface area contributed by atoms with Gasteiger partial charge in [0.25, 0.3) is 0 Å². The minimum absolute atomic E-state index is 0.0351. The smallest absolute Gasteiger partial charge is 0.311 e. The van der Waals surface area contributed by atoms with E-state index in [1.165, 1.54) is 7.11 Å². The van der Waals surface area contributed by atoms with Gasteiger partial charge < -0.3 is 4.74 Å². The molecule has 0 N–H and O–H groups in total. The van der Waals surface area contributed by atoms with E-state index in [1.807, 2.05) is 0 Å². The molecule has 3 fully saturated rings. The van der Waals surface area contributed by atoms with Gasteiger partial charge in [-0.15, -0.1) is 5.10 Å². The van der Waals surface area contributed by atoms with E-state index in [2.05, 4.69) is 27.9 Å². The first kappa shape index (κ1) is 18.5. The molecule has 4 aliphatic rings. The number of hydrogen-bond acceptors (Lipinski definition) is 6. The summed E-state index contributed by atoms with van der Waals surface area (Å²) in [7, 11) is 1.49. The number of rotatable bonds is 3. The van der Waals surface area contributed by atoms with Crippen LogP contribution in [0.4, 0.5) is 0 Å². The molecule has 7 nitrogen and oxygen atoms in total. The van der Waals surface area contributed by atoms with Gasteiger partial charge in [-0.05, 0) is 50.2 Å². The number of ketones is 1. The van der Waals surface area contributed by atoms with Crippen molar-refractivity contribution in [1.82, 2.24) is 20.0 Å². The summed E-state index contributed by atoms with van der Waals surface area (Å²) in [4.78, 5) is 24.4. The van der Waals surface area contributed by atoms with Crippen LogP contribution in [-0.4, -0.2) is 38.8 Å². The highest BCUT2D eigenvalue weighted by atomic mass is 16.5. The van der Waals surface area contributed by atoms with Gasteiger partial charge in [0.2, 0.25) is 0 Å². The molecule has 29 heavy (non-hydrogen) atoms. The standard InChI is InChI=1S/C22H26N4O3/c1-13-12-26-16(15-11-23-24-19(14(2)27)18(13)15)10-17(25-26)21-4-7-22(8-5-21,9-6-21)20(28)29-3/h10-11,13H,4-9,12H2,1-3H3. The molecule has 3 heterocycles. The molecule has 0 amide bonds. The summed E-state index contributed by atoms with van der Waals surface area (Å²) in [6.07, 6.45) is 7.27. The fraction of sp³-hybridized carbons (Fsp3) is 0.591. The molecular weight excluding hydrogens is 368 g/mol. The maximum Gasteiger partial charge on any atom is 0.311 e. The van der Waals surface area contributed by atoms with Crippen LogP contribution in [0, 0.1) is 5.41 Å². The Bertz CT molecular complexity index is 1000. The van der Waals surface area contributed by atoms with Gasteiger partial charge in [-0.1, -0.05) is 6.92 Å². The highest BCUT2D eigenvalue weighted by Crippen LogP contribution is 2.58. The summed E-state index contributed by atoms with van der Waals surface area (Å²) in [6, 6.07) is 2.19. The van der Waals surface area contributed by atoms with Gasteiger partial charge in [0.05, 0.1) is 30.1 Å². The van der Waals surface area contributed by atoms with Crippen molar-refractivity contribution in [3.05, 3.63) is 29.2 Å². The number of carbonyl (C=O) groups is 2. The zero-order valence-corrected chi connectivity index (χ0v) is 17.2. The Hall–Kier alpha value is -2.57. The Morgan fingerprint density at radius 1 is 1.17 bits per heavy atom. The highest BCUT2D eigenvalue weighted by Gasteiger charge is 2.54. The number of fused-ring (bicyclic) bond motifs is 6. The molecule has 6 rings (SSSR count). The van der Waals surface area contributed by atoms with Crippen molar-refractivity contribution in [3.63, 3.8) is 0 Å². The third kappa shape index (κ3) is 2.52. The van der Waals surface area contributed by atoms with Crippen LogP contribution in [0.25, 0.3) is 11.3 Å². The van der Waals surface area contributed by atoms with Crippen molar-refractivity contribution in [1.29, 1.82) is 0 Å². The summed E-state index contributed by atoms with van der Waals surface area (Å²) < 4.78 is 7.16. The van der Waals surface area contributed by atoms with Gasteiger partial charge in [0, 0.05) is 30.4 Å². The highest BCUT2D eigenvalue weighted by molar-refractivity contribution is 5.95. The first-order valence-corrected chi connectivity index (χ1v) is 10.4. The van der Waals surface area contributed by atoms with Crippen LogP contribution in [0.3, 0.4) is 0 Å². The van der Waals surface area contributed by atoms with E-state index in [9.17, 15) is 9.59 Å². The van der Waals surface area contributed by atoms with Crippen LogP contribution in [0.5, 0.6) is 0 Å². The Labute approximate surface area is 169 Å². The van der Waals surface area contributed by atoms with Crippen LogP contribution >= 0.6 is 0 Å². The summed E-state index contributed by atoms with van der Waals surface area (Å²) in [6.45, 7) is 4.39. The van der Waals surface area contributed by atoms with E-state index in [0.29, 0.717) is 5.69 Å². The molecule has 3 aliphatic carbocycles. The molecule has 2 aromatic rings. The van der Waals surface area contributed by atoms with Gasteiger partial charge in [0.15, 0.2) is 5.78 Å². The Balaban J connectivity index is 1.53. The van der Waals surface area contributed by atoms with Crippen molar-refractivity contribution < 1.29 is 14.3 Å². The van der Waals surface area contributed by atoms with E-state index in [0.717, 1.165) is 67.6 Å². The monoisotopic (exact) mass is 394 g/mol. The van der Waals surface area contributed by atoms with Gasteiger partial charge >= 0.3 is 5.97 Å². The largest absolute Gasteiger partial charge is 0.469 e.